The van der Waals surface area contributed by atoms with E-state index in [0.717, 1.165) is 17.8 Å². The van der Waals surface area contributed by atoms with Gasteiger partial charge in [-0.3, -0.25) is 4.79 Å². The molecule has 80 valence electrons. The highest BCUT2D eigenvalue weighted by Gasteiger charge is 2.12. The van der Waals surface area contributed by atoms with Crippen molar-refractivity contribution in [3.05, 3.63) is 35.8 Å². The SMILES string of the molecule is C=C/C(C(N)=O)=C1\N=C(CC)C=C(C)N1. The van der Waals surface area contributed by atoms with E-state index >= 15 is 0 Å². The highest BCUT2D eigenvalue weighted by atomic mass is 16.1. The monoisotopic (exact) mass is 205 g/mol. The summed E-state index contributed by atoms with van der Waals surface area (Å²) >= 11 is 0. The number of primary amides is 1. The van der Waals surface area contributed by atoms with Gasteiger partial charge in [-0.15, -0.1) is 0 Å². The minimum atomic E-state index is -0.526. The third-order valence-corrected chi connectivity index (χ3v) is 2.04. The molecule has 1 rings (SSSR count). The Kier molecular flexibility index (Phi) is 3.44. The number of rotatable bonds is 3. The molecule has 0 unspecified atom stereocenters. The highest BCUT2D eigenvalue weighted by molar-refractivity contribution is 5.99. The number of nitrogens with two attached hydrogens (primary N) is 1. The Morgan fingerprint density at radius 2 is 2.40 bits per heavy atom. The summed E-state index contributed by atoms with van der Waals surface area (Å²) in [6, 6.07) is 0. The molecule has 0 aromatic heterocycles. The summed E-state index contributed by atoms with van der Waals surface area (Å²) in [5.41, 5.74) is 7.39. The van der Waals surface area contributed by atoms with Gasteiger partial charge in [0.2, 0.25) is 0 Å². The molecule has 0 saturated heterocycles. The summed E-state index contributed by atoms with van der Waals surface area (Å²) in [5, 5.41) is 2.99. The van der Waals surface area contributed by atoms with Gasteiger partial charge < -0.3 is 11.1 Å². The van der Waals surface area contributed by atoms with Crippen LogP contribution in [0.5, 0.6) is 0 Å². The molecule has 3 N–H and O–H groups in total. The molecule has 1 amide bonds. The Balaban J connectivity index is 3.18. The van der Waals surface area contributed by atoms with E-state index in [9.17, 15) is 4.79 Å². The molecule has 0 aromatic carbocycles. The van der Waals surface area contributed by atoms with Crippen molar-refractivity contribution < 1.29 is 4.79 Å². The molecule has 4 nitrogen and oxygen atoms in total. The predicted octanol–water partition coefficient (Wildman–Crippen LogP) is 1.23. The van der Waals surface area contributed by atoms with E-state index < -0.39 is 5.91 Å². The van der Waals surface area contributed by atoms with Crippen molar-refractivity contribution in [2.24, 2.45) is 10.7 Å². The summed E-state index contributed by atoms with van der Waals surface area (Å²) in [7, 11) is 0. The van der Waals surface area contributed by atoms with Gasteiger partial charge >= 0.3 is 0 Å². The molecule has 0 aromatic rings. The van der Waals surface area contributed by atoms with Crippen LogP contribution in [-0.4, -0.2) is 11.6 Å². The second-order valence-corrected chi connectivity index (χ2v) is 3.24. The van der Waals surface area contributed by atoms with Gasteiger partial charge in [0.05, 0.1) is 5.57 Å². The van der Waals surface area contributed by atoms with E-state index in [-0.39, 0.29) is 0 Å². The summed E-state index contributed by atoms with van der Waals surface area (Å²) in [4.78, 5) is 15.4. The Labute approximate surface area is 89.3 Å². The van der Waals surface area contributed by atoms with Crippen molar-refractivity contribution in [2.75, 3.05) is 0 Å². The first-order chi connectivity index (χ1) is 7.08. The molecule has 0 saturated carbocycles. The molecule has 0 aliphatic carbocycles. The standard InChI is InChI=1S/C11H15N3O/c1-4-8-6-7(3)13-11(14-8)9(5-2)10(12)15/h5-6,13H,2,4H2,1,3H3,(H2,12,15)/b11-9+. The van der Waals surface area contributed by atoms with Crippen LogP contribution in [0.1, 0.15) is 20.3 Å². The second-order valence-electron chi connectivity index (χ2n) is 3.24. The molecule has 0 atom stereocenters. The van der Waals surface area contributed by atoms with Crippen molar-refractivity contribution >= 4 is 11.6 Å². The van der Waals surface area contributed by atoms with E-state index in [0.29, 0.717) is 11.4 Å². The minimum absolute atomic E-state index is 0.313. The van der Waals surface area contributed by atoms with Gasteiger partial charge in [0, 0.05) is 11.4 Å². The molecular weight excluding hydrogens is 190 g/mol. The number of carbonyl (C=O) groups excluding carboxylic acids is 1. The summed E-state index contributed by atoms with van der Waals surface area (Å²) in [5.74, 6) is -0.0456. The van der Waals surface area contributed by atoms with Crippen LogP contribution in [0.25, 0.3) is 0 Å². The maximum absolute atomic E-state index is 11.1. The van der Waals surface area contributed by atoms with E-state index in [1.54, 1.807) is 0 Å². The first-order valence-corrected chi connectivity index (χ1v) is 4.77. The van der Waals surface area contributed by atoms with Gasteiger partial charge in [-0.1, -0.05) is 19.6 Å². The number of amides is 1. The molecule has 15 heavy (non-hydrogen) atoms. The first-order valence-electron chi connectivity index (χ1n) is 4.77. The molecule has 0 fully saturated rings. The topological polar surface area (TPSA) is 67.5 Å². The Bertz CT molecular complexity index is 389. The minimum Gasteiger partial charge on any atom is -0.365 e. The van der Waals surface area contributed by atoms with Crippen molar-refractivity contribution in [1.29, 1.82) is 0 Å². The predicted molar refractivity (Wildman–Crippen MR) is 61.0 cm³/mol. The summed E-state index contributed by atoms with van der Waals surface area (Å²) in [6.45, 7) is 7.46. The van der Waals surface area contributed by atoms with Crippen LogP contribution in [0.3, 0.4) is 0 Å². The zero-order chi connectivity index (χ0) is 11.4. The fourth-order valence-corrected chi connectivity index (χ4v) is 1.30. The number of aliphatic imine (C=N–C) groups is 1. The fraction of sp³-hybridized carbons (Fsp3) is 0.273. The smallest absolute Gasteiger partial charge is 0.252 e. The van der Waals surface area contributed by atoms with Gasteiger partial charge in [-0.2, -0.15) is 0 Å². The number of carbonyl (C=O) groups is 1. The zero-order valence-electron chi connectivity index (χ0n) is 9.00. The number of hydrogen-bond donors (Lipinski definition) is 2. The molecule has 0 radical (unpaired) electrons. The van der Waals surface area contributed by atoms with Crippen LogP contribution in [0, 0.1) is 0 Å². The van der Waals surface area contributed by atoms with Crippen LogP contribution in [0.4, 0.5) is 0 Å². The van der Waals surface area contributed by atoms with Crippen LogP contribution in [-0.2, 0) is 4.79 Å². The zero-order valence-corrected chi connectivity index (χ0v) is 9.00. The molecule has 0 bridgehead atoms. The first kappa shape index (κ1) is 11.2. The van der Waals surface area contributed by atoms with Gasteiger partial charge in [-0.25, -0.2) is 4.99 Å². The van der Waals surface area contributed by atoms with E-state index in [2.05, 4.69) is 16.9 Å². The normalized spacial score (nSPS) is 18.5. The maximum Gasteiger partial charge on any atom is 0.252 e. The van der Waals surface area contributed by atoms with Crippen LogP contribution < -0.4 is 11.1 Å². The molecular formula is C11H15N3O. The third-order valence-electron chi connectivity index (χ3n) is 2.04. The van der Waals surface area contributed by atoms with Crippen molar-refractivity contribution in [1.82, 2.24) is 5.32 Å². The van der Waals surface area contributed by atoms with Crippen molar-refractivity contribution in [2.45, 2.75) is 20.3 Å². The van der Waals surface area contributed by atoms with Crippen molar-refractivity contribution in [3.8, 4) is 0 Å². The Morgan fingerprint density at radius 1 is 1.73 bits per heavy atom. The quantitative estimate of drug-likeness (QED) is 0.680. The third kappa shape index (κ3) is 2.56. The van der Waals surface area contributed by atoms with Crippen LogP contribution in [0.2, 0.25) is 0 Å². The lowest BCUT2D eigenvalue weighted by Crippen LogP contribution is -2.23. The van der Waals surface area contributed by atoms with E-state index in [4.69, 9.17) is 5.73 Å². The van der Waals surface area contributed by atoms with Gasteiger partial charge in [-0.05, 0) is 19.4 Å². The molecule has 4 heteroatoms. The molecule has 1 aliphatic heterocycles. The molecule has 1 heterocycles. The fourth-order valence-electron chi connectivity index (χ4n) is 1.30. The Hall–Kier alpha value is -1.84. The van der Waals surface area contributed by atoms with Crippen LogP contribution >= 0.6 is 0 Å². The van der Waals surface area contributed by atoms with Gasteiger partial charge in [0.15, 0.2) is 0 Å². The van der Waals surface area contributed by atoms with E-state index in [1.165, 1.54) is 6.08 Å². The van der Waals surface area contributed by atoms with E-state index in [1.807, 2.05) is 19.9 Å². The highest BCUT2D eigenvalue weighted by Crippen LogP contribution is 2.12. The maximum atomic E-state index is 11.1. The van der Waals surface area contributed by atoms with Gasteiger partial charge in [0.25, 0.3) is 5.91 Å². The summed E-state index contributed by atoms with van der Waals surface area (Å²) in [6.07, 6.45) is 4.16. The lowest BCUT2D eigenvalue weighted by atomic mass is 10.2. The average Bonchev–Trinajstić information content (AvgIpc) is 2.17. The molecule has 1 aliphatic rings. The second kappa shape index (κ2) is 4.59. The number of nitrogens with one attached hydrogen (secondary N) is 1. The number of nitrogens with zero attached hydrogens (tertiary/aromatic N) is 1. The average molecular weight is 205 g/mol. The lowest BCUT2D eigenvalue weighted by Gasteiger charge is -2.15. The van der Waals surface area contributed by atoms with Crippen LogP contribution in [0.15, 0.2) is 40.8 Å². The van der Waals surface area contributed by atoms with Crippen molar-refractivity contribution in [3.63, 3.8) is 0 Å². The molecule has 0 spiro atoms. The van der Waals surface area contributed by atoms with Gasteiger partial charge in [0.1, 0.15) is 5.82 Å². The number of hydrogen-bond acceptors (Lipinski definition) is 3. The Morgan fingerprint density at radius 3 is 2.87 bits per heavy atom. The largest absolute Gasteiger partial charge is 0.365 e. The lowest BCUT2D eigenvalue weighted by molar-refractivity contribution is -0.114. The number of allylic oxidation sites excluding steroid dienone is 2. The summed E-state index contributed by atoms with van der Waals surface area (Å²) < 4.78 is 0.